The van der Waals surface area contributed by atoms with E-state index in [2.05, 4.69) is 38.6 Å². The lowest BCUT2D eigenvalue weighted by molar-refractivity contribution is -0.114. The third-order valence-corrected chi connectivity index (χ3v) is 7.13. The minimum atomic E-state index is -0.557. The summed E-state index contributed by atoms with van der Waals surface area (Å²) in [6.45, 7) is 6.89. The number of carbonyl (C=O) groups excluding carboxylic acids is 1. The number of benzene rings is 2. The minimum Gasteiger partial charge on any atom is -0.337 e. The molecule has 0 spiro atoms. The number of hydrogen-bond acceptors (Lipinski definition) is 5. The van der Waals surface area contributed by atoms with Crippen LogP contribution in [0, 0.1) is 23.1 Å². The van der Waals surface area contributed by atoms with E-state index >= 15 is 0 Å². The standard InChI is InChI=1S/C27H24ClFN4O/c1-2-20(34)14-19-15-21-24(16-18(19)6-7-27-8-11-33(12-9-27)13-10-27)30-17-31-26(21)32-23-5-3-4-22(28)25(23)29/h2-5,15-17H,1,8-14H2,(H,30,31,32). The largest absolute Gasteiger partial charge is 0.337 e. The van der Waals surface area contributed by atoms with Gasteiger partial charge >= 0.3 is 0 Å². The fraction of sp³-hybridized carbons (Fsp3) is 0.296. The Morgan fingerprint density at radius 1 is 1.24 bits per heavy atom. The Balaban J connectivity index is 1.57. The van der Waals surface area contributed by atoms with E-state index in [1.165, 1.54) is 18.5 Å². The Hall–Kier alpha value is -3.27. The molecule has 5 nitrogen and oxygen atoms in total. The van der Waals surface area contributed by atoms with Gasteiger partial charge in [0.25, 0.3) is 0 Å². The van der Waals surface area contributed by atoms with Crippen LogP contribution in [0.15, 0.2) is 49.3 Å². The molecule has 3 saturated heterocycles. The second-order valence-corrected chi connectivity index (χ2v) is 9.35. The average Bonchev–Trinajstić information content (AvgIpc) is 2.87. The number of halogens is 2. The van der Waals surface area contributed by atoms with Crippen molar-refractivity contribution < 1.29 is 9.18 Å². The molecule has 172 valence electrons. The van der Waals surface area contributed by atoms with Crippen molar-refractivity contribution in [3.8, 4) is 11.8 Å². The topological polar surface area (TPSA) is 58.1 Å². The number of anilines is 2. The Labute approximate surface area is 203 Å². The number of allylic oxidation sites excluding steroid dienone is 1. The SMILES string of the molecule is C=CC(=O)Cc1cc2c(Nc3cccc(Cl)c3F)ncnc2cc1C#CC12CCN(CC1)CC2. The van der Waals surface area contributed by atoms with Crippen LogP contribution in [0.2, 0.25) is 5.02 Å². The molecule has 0 saturated carbocycles. The zero-order valence-electron chi connectivity index (χ0n) is 18.7. The summed E-state index contributed by atoms with van der Waals surface area (Å²) in [5.41, 5.74) is 2.48. The van der Waals surface area contributed by atoms with Crippen LogP contribution in [0.3, 0.4) is 0 Å². The first kappa shape index (κ1) is 22.5. The van der Waals surface area contributed by atoms with Crippen molar-refractivity contribution in [1.82, 2.24) is 14.9 Å². The van der Waals surface area contributed by atoms with E-state index in [1.807, 2.05) is 12.1 Å². The summed E-state index contributed by atoms with van der Waals surface area (Å²) in [7, 11) is 0. The van der Waals surface area contributed by atoms with Crippen LogP contribution in [0.25, 0.3) is 10.9 Å². The predicted octanol–water partition coefficient (Wildman–Crippen LogP) is 5.30. The van der Waals surface area contributed by atoms with Crippen molar-refractivity contribution in [2.75, 3.05) is 25.0 Å². The predicted molar refractivity (Wildman–Crippen MR) is 133 cm³/mol. The summed E-state index contributed by atoms with van der Waals surface area (Å²) >= 11 is 5.93. The first-order chi connectivity index (χ1) is 16.5. The third-order valence-electron chi connectivity index (χ3n) is 6.84. The summed E-state index contributed by atoms with van der Waals surface area (Å²) in [5, 5.41) is 3.71. The first-order valence-electron chi connectivity index (χ1n) is 11.4. The number of ketones is 1. The number of fused-ring (bicyclic) bond motifs is 4. The van der Waals surface area contributed by atoms with Gasteiger partial charge in [-0.25, -0.2) is 14.4 Å². The molecule has 7 heteroatoms. The van der Waals surface area contributed by atoms with Gasteiger partial charge in [-0.3, -0.25) is 4.79 Å². The molecule has 3 aliphatic heterocycles. The van der Waals surface area contributed by atoms with E-state index < -0.39 is 5.82 Å². The number of nitrogens with zero attached hydrogens (tertiary/aromatic N) is 3. The molecule has 0 unspecified atom stereocenters. The van der Waals surface area contributed by atoms with Gasteiger partial charge in [-0.2, -0.15) is 0 Å². The van der Waals surface area contributed by atoms with Crippen LogP contribution in [0.1, 0.15) is 30.4 Å². The first-order valence-corrected chi connectivity index (χ1v) is 11.7. The van der Waals surface area contributed by atoms with E-state index in [-0.39, 0.29) is 28.3 Å². The summed E-state index contributed by atoms with van der Waals surface area (Å²) in [4.78, 5) is 23.5. The van der Waals surface area contributed by atoms with Crippen LogP contribution in [0.5, 0.6) is 0 Å². The van der Waals surface area contributed by atoms with E-state index in [9.17, 15) is 9.18 Å². The van der Waals surface area contributed by atoms with Crippen LogP contribution in [0.4, 0.5) is 15.9 Å². The summed E-state index contributed by atoms with van der Waals surface area (Å²) in [6.07, 6.45) is 6.15. The summed E-state index contributed by atoms with van der Waals surface area (Å²) in [5.74, 6) is 6.73. The van der Waals surface area contributed by atoms with Gasteiger partial charge in [-0.05, 0) is 74.8 Å². The molecule has 0 radical (unpaired) electrons. The van der Waals surface area contributed by atoms with E-state index in [4.69, 9.17) is 11.6 Å². The van der Waals surface area contributed by atoms with Gasteiger partial charge in [0.05, 0.1) is 16.2 Å². The molecule has 2 aromatic carbocycles. The maximum absolute atomic E-state index is 14.5. The van der Waals surface area contributed by atoms with Gasteiger partial charge in [0.15, 0.2) is 11.6 Å². The molecule has 2 bridgehead atoms. The Bertz CT molecular complexity index is 1340. The molecule has 1 N–H and O–H groups in total. The van der Waals surface area contributed by atoms with Crippen LogP contribution in [-0.2, 0) is 11.2 Å². The van der Waals surface area contributed by atoms with Gasteiger partial charge < -0.3 is 10.2 Å². The number of nitrogens with one attached hydrogen (secondary N) is 1. The fourth-order valence-electron chi connectivity index (χ4n) is 4.71. The van der Waals surface area contributed by atoms with Gasteiger partial charge in [0, 0.05) is 22.8 Å². The van der Waals surface area contributed by atoms with Crippen molar-refractivity contribution in [3.05, 3.63) is 71.3 Å². The monoisotopic (exact) mass is 474 g/mol. The van der Waals surface area contributed by atoms with Crippen molar-refractivity contribution in [2.24, 2.45) is 5.41 Å². The highest BCUT2D eigenvalue weighted by Crippen LogP contribution is 2.39. The van der Waals surface area contributed by atoms with Crippen molar-refractivity contribution in [1.29, 1.82) is 0 Å². The van der Waals surface area contributed by atoms with E-state index in [0.29, 0.717) is 16.7 Å². The molecular formula is C27H24ClFN4O. The number of piperidine rings is 3. The second-order valence-electron chi connectivity index (χ2n) is 8.94. The molecule has 3 fully saturated rings. The number of rotatable bonds is 5. The third kappa shape index (κ3) is 4.42. The highest BCUT2D eigenvalue weighted by molar-refractivity contribution is 6.31. The maximum Gasteiger partial charge on any atom is 0.165 e. The number of carbonyl (C=O) groups is 1. The molecule has 0 aliphatic carbocycles. The summed E-state index contributed by atoms with van der Waals surface area (Å²) < 4.78 is 14.5. The van der Waals surface area contributed by atoms with Crippen molar-refractivity contribution in [3.63, 3.8) is 0 Å². The van der Waals surface area contributed by atoms with E-state index in [0.717, 1.165) is 50.0 Å². The Kier molecular flexibility index (Phi) is 6.07. The smallest absolute Gasteiger partial charge is 0.165 e. The molecule has 0 atom stereocenters. The van der Waals surface area contributed by atoms with Crippen molar-refractivity contribution in [2.45, 2.75) is 25.7 Å². The molecule has 1 aromatic heterocycles. The van der Waals surface area contributed by atoms with Gasteiger partial charge in [0.2, 0.25) is 0 Å². The Morgan fingerprint density at radius 2 is 2.00 bits per heavy atom. The molecule has 3 aliphatic rings. The van der Waals surface area contributed by atoms with Gasteiger partial charge in [0.1, 0.15) is 12.1 Å². The van der Waals surface area contributed by atoms with E-state index in [1.54, 1.807) is 12.1 Å². The minimum absolute atomic E-state index is 0.0195. The molecule has 4 heterocycles. The summed E-state index contributed by atoms with van der Waals surface area (Å²) in [6, 6.07) is 8.50. The number of hydrogen-bond donors (Lipinski definition) is 1. The lowest BCUT2D eigenvalue weighted by atomic mass is 9.72. The fourth-order valence-corrected chi connectivity index (χ4v) is 4.89. The molecule has 0 amide bonds. The second kappa shape index (κ2) is 9.17. The van der Waals surface area contributed by atoms with Crippen molar-refractivity contribution >= 4 is 39.8 Å². The zero-order chi connectivity index (χ0) is 23.7. The quantitative estimate of drug-likeness (QED) is 0.401. The Morgan fingerprint density at radius 3 is 2.74 bits per heavy atom. The lowest BCUT2D eigenvalue weighted by Crippen LogP contribution is -2.47. The van der Waals surface area contributed by atoms with Crippen LogP contribution >= 0.6 is 11.6 Å². The van der Waals surface area contributed by atoms with Gasteiger partial charge in [-0.1, -0.05) is 36.1 Å². The highest BCUT2D eigenvalue weighted by Gasteiger charge is 2.37. The van der Waals surface area contributed by atoms with Crippen LogP contribution in [-0.4, -0.2) is 40.3 Å². The highest BCUT2D eigenvalue weighted by atomic mass is 35.5. The normalized spacial score (nSPS) is 21.1. The average molecular weight is 475 g/mol. The lowest BCUT2D eigenvalue weighted by Gasteiger charge is -2.45. The molecule has 34 heavy (non-hydrogen) atoms. The van der Waals surface area contributed by atoms with Gasteiger partial charge in [-0.15, -0.1) is 0 Å². The van der Waals surface area contributed by atoms with Crippen LogP contribution < -0.4 is 5.32 Å². The maximum atomic E-state index is 14.5. The molecule has 6 rings (SSSR count). The zero-order valence-corrected chi connectivity index (χ0v) is 19.5. The number of aromatic nitrogens is 2. The molecule has 3 aromatic rings. The molecular weight excluding hydrogens is 451 g/mol.